The molecule has 5 heterocycles. The minimum absolute atomic E-state index is 0.132. The lowest BCUT2D eigenvalue weighted by molar-refractivity contribution is 0.202. The van der Waals surface area contributed by atoms with Crippen LogP contribution in [0.15, 0.2) is 96.3 Å². The number of hydrogen-bond donors (Lipinski definition) is 2. The van der Waals surface area contributed by atoms with E-state index in [9.17, 15) is 4.79 Å². The third-order valence-corrected chi connectivity index (χ3v) is 7.74. The van der Waals surface area contributed by atoms with Crippen LogP contribution in [0.1, 0.15) is 44.0 Å². The number of hydrogen-bond acceptors (Lipinski definition) is 7. The van der Waals surface area contributed by atoms with Crippen molar-refractivity contribution in [3.63, 3.8) is 0 Å². The second-order valence-corrected chi connectivity index (χ2v) is 10.4. The summed E-state index contributed by atoms with van der Waals surface area (Å²) in [6, 6.07) is 22.5. The number of aromatic nitrogens is 7. The Morgan fingerprint density at radius 1 is 0.907 bits per heavy atom. The summed E-state index contributed by atoms with van der Waals surface area (Å²) in [7, 11) is 0. The number of rotatable bonds is 6. The number of fused-ring (bicyclic) bond motifs is 1. The Morgan fingerprint density at radius 2 is 1.70 bits per heavy atom. The van der Waals surface area contributed by atoms with Gasteiger partial charge in [0, 0.05) is 42.2 Å². The van der Waals surface area contributed by atoms with Gasteiger partial charge >= 0.3 is 0 Å². The summed E-state index contributed by atoms with van der Waals surface area (Å²) in [5, 5.41) is 8.06. The topological polar surface area (TPSA) is 116 Å². The number of aromatic amines is 2. The first kappa shape index (κ1) is 28.1. The highest BCUT2D eigenvalue weighted by atomic mass is 16.1. The number of likely N-dealkylation sites (tertiary alicyclic amines) is 1. The van der Waals surface area contributed by atoms with Crippen molar-refractivity contribution in [2.75, 3.05) is 13.1 Å². The average Bonchev–Trinajstić information content (AvgIpc) is 3.58. The second-order valence-electron chi connectivity index (χ2n) is 10.4. The molecule has 216 valence electrons. The predicted octanol–water partition coefficient (Wildman–Crippen LogP) is 6.24. The fourth-order valence-electron chi connectivity index (χ4n) is 5.55. The van der Waals surface area contributed by atoms with E-state index in [1.54, 1.807) is 24.8 Å². The highest BCUT2D eigenvalue weighted by Gasteiger charge is 2.24. The summed E-state index contributed by atoms with van der Waals surface area (Å²) in [4.78, 5) is 35.8. The highest BCUT2D eigenvalue weighted by Crippen LogP contribution is 2.33. The Bertz CT molecular complexity index is 1840. The largest absolute Gasteiger partial charge is 0.328 e. The van der Waals surface area contributed by atoms with Crippen LogP contribution in [0.25, 0.3) is 44.8 Å². The number of H-pyrrole nitrogens is 2. The first-order valence-electron chi connectivity index (χ1n) is 14.8. The van der Waals surface area contributed by atoms with E-state index in [-0.39, 0.29) is 5.56 Å². The van der Waals surface area contributed by atoms with Crippen LogP contribution in [-0.2, 0) is 6.54 Å². The van der Waals surface area contributed by atoms with Crippen LogP contribution in [0.3, 0.4) is 0 Å². The summed E-state index contributed by atoms with van der Waals surface area (Å²) in [6.07, 6.45) is 8.67. The van der Waals surface area contributed by atoms with Crippen molar-refractivity contribution < 1.29 is 0 Å². The smallest absolute Gasteiger partial charge is 0.257 e. The number of pyridine rings is 2. The van der Waals surface area contributed by atoms with Gasteiger partial charge < -0.3 is 4.98 Å². The lowest BCUT2D eigenvalue weighted by atomic mass is 9.95. The second kappa shape index (κ2) is 12.9. The SMILES string of the molecule is CC.O=c1[nH]ccc2nc(-c3ccc(CN4CCC(c5nc(-c6cnccn6)n[nH]5)CC4)cc3)c(-c3ccccc3)cc12. The molecule has 0 saturated carbocycles. The third-order valence-electron chi connectivity index (χ3n) is 7.74. The zero-order valence-electron chi connectivity index (χ0n) is 24.4. The number of benzene rings is 2. The summed E-state index contributed by atoms with van der Waals surface area (Å²) < 4.78 is 0. The standard InChI is InChI=1S/C32H28N8O.C2H6/c41-32-26-18-25(22-4-2-1-3-5-22)29(36-27(26)10-13-35-32)23-8-6-21(7-9-23)20-40-16-11-24(12-17-40)30-37-31(39-38-30)28-19-33-14-15-34-28;1-2/h1-10,13-15,18-19,24H,11-12,16-17,20H2,(H,35,41)(H,37,38,39);1-2H3. The molecule has 0 bridgehead atoms. The molecule has 6 aromatic rings. The van der Waals surface area contributed by atoms with E-state index in [0.717, 1.165) is 60.7 Å². The summed E-state index contributed by atoms with van der Waals surface area (Å²) in [5.41, 5.74) is 6.36. The van der Waals surface area contributed by atoms with Crippen LogP contribution in [0, 0.1) is 0 Å². The number of piperidine rings is 1. The molecule has 0 atom stereocenters. The van der Waals surface area contributed by atoms with Crippen LogP contribution in [-0.4, -0.2) is 53.1 Å². The van der Waals surface area contributed by atoms with Gasteiger partial charge in [-0.1, -0.05) is 68.4 Å². The van der Waals surface area contributed by atoms with Crippen molar-refractivity contribution in [3.8, 4) is 33.9 Å². The molecule has 9 heteroatoms. The molecule has 0 radical (unpaired) electrons. The van der Waals surface area contributed by atoms with Crippen LogP contribution in [0.4, 0.5) is 0 Å². The maximum absolute atomic E-state index is 12.5. The number of nitrogens with one attached hydrogen (secondary N) is 2. The van der Waals surface area contributed by atoms with E-state index in [4.69, 9.17) is 9.97 Å². The Labute approximate surface area is 250 Å². The van der Waals surface area contributed by atoms with Crippen LogP contribution in [0.5, 0.6) is 0 Å². The molecule has 43 heavy (non-hydrogen) atoms. The summed E-state index contributed by atoms with van der Waals surface area (Å²) >= 11 is 0. The molecule has 0 unspecified atom stereocenters. The van der Waals surface area contributed by atoms with Gasteiger partial charge in [-0.05, 0) is 49.2 Å². The van der Waals surface area contributed by atoms with E-state index in [0.29, 0.717) is 28.3 Å². The van der Waals surface area contributed by atoms with Gasteiger partial charge in [-0.2, -0.15) is 5.10 Å². The van der Waals surface area contributed by atoms with Crippen LogP contribution >= 0.6 is 0 Å². The third kappa shape index (κ3) is 6.12. The first-order valence-corrected chi connectivity index (χ1v) is 14.8. The van der Waals surface area contributed by atoms with Gasteiger partial charge in [0.2, 0.25) is 5.82 Å². The van der Waals surface area contributed by atoms with Gasteiger partial charge in [0.15, 0.2) is 0 Å². The molecule has 2 N–H and O–H groups in total. The lowest BCUT2D eigenvalue weighted by Crippen LogP contribution is -2.32. The fourth-order valence-corrected chi connectivity index (χ4v) is 5.55. The van der Waals surface area contributed by atoms with Gasteiger partial charge in [0.05, 0.1) is 22.8 Å². The van der Waals surface area contributed by atoms with Crippen LogP contribution in [0.2, 0.25) is 0 Å². The highest BCUT2D eigenvalue weighted by molar-refractivity contribution is 5.91. The van der Waals surface area contributed by atoms with Crippen molar-refractivity contribution in [2.45, 2.75) is 39.2 Å². The molecule has 0 spiro atoms. The van der Waals surface area contributed by atoms with Crippen molar-refractivity contribution >= 4 is 10.9 Å². The van der Waals surface area contributed by atoms with Gasteiger partial charge in [-0.3, -0.25) is 19.8 Å². The number of nitrogens with zero attached hydrogens (tertiary/aromatic N) is 6. The van der Waals surface area contributed by atoms with Crippen molar-refractivity contribution in [1.82, 2.24) is 40.0 Å². The average molecular weight is 571 g/mol. The minimum Gasteiger partial charge on any atom is -0.328 e. The van der Waals surface area contributed by atoms with Crippen molar-refractivity contribution in [2.24, 2.45) is 0 Å². The molecule has 9 nitrogen and oxygen atoms in total. The van der Waals surface area contributed by atoms with E-state index in [2.05, 4.69) is 66.4 Å². The van der Waals surface area contributed by atoms with E-state index in [1.165, 1.54) is 5.56 Å². The van der Waals surface area contributed by atoms with Crippen molar-refractivity contribution in [3.05, 3.63) is 113 Å². The Balaban J connectivity index is 0.00000161. The first-order chi connectivity index (χ1) is 21.2. The predicted molar refractivity (Wildman–Crippen MR) is 169 cm³/mol. The van der Waals surface area contributed by atoms with Crippen molar-refractivity contribution in [1.29, 1.82) is 0 Å². The molecule has 0 aliphatic carbocycles. The quantitative estimate of drug-likeness (QED) is 0.244. The monoisotopic (exact) mass is 570 g/mol. The molecule has 0 amide bonds. The molecular weight excluding hydrogens is 536 g/mol. The maximum atomic E-state index is 12.5. The Morgan fingerprint density at radius 3 is 2.44 bits per heavy atom. The lowest BCUT2D eigenvalue weighted by Gasteiger charge is -2.31. The Hall–Kier alpha value is -5.02. The zero-order valence-corrected chi connectivity index (χ0v) is 24.4. The van der Waals surface area contributed by atoms with E-state index < -0.39 is 0 Å². The summed E-state index contributed by atoms with van der Waals surface area (Å²) in [5.74, 6) is 1.88. The van der Waals surface area contributed by atoms with E-state index in [1.807, 2.05) is 44.2 Å². The molecule has 4 aromatic heterocycles. The van der Waals surface area contributed by atoms with E-state index >= 15 is 0 Å². The molecule has 1 aliphatic heterocycles. The molecule has 2 aromatic carbocycles. The molecule has 1 fully saturated rings. The summed E-state index contributed by atoms with van der Waals surface area (Å²) in [6.45, 7) is 6.87. The van der Waals surface area contributed by atoms with Gasteiger partial charge in [-0.25, -0.2) is 15.0 Å². The molecular formula is C34H34N8O. The normalized spacial score (nSPS) is 13.9. The maximum Gasteiger partial charge on any atom is 0.257 e. The van der Waals surface area contributed by atoms with Gasteiger partial charge in [0.25, 0.3) is 5.56 Å². The van der Waals surface area contributed by atoms with Gasteiger partial charge in [-0.15, -0.1) is 0 Å². The minimum atomic E-state index is -0.132. The van der Waals surface area contributed by atoms with Crippen LogP contribution < -0.4 is 5.56 Å². The molecule has 1 saturated heterocycles. The zero-order chi connectivity index (χ0) is 29.6. The van der Waals surface area contributed by atoms with Gasteiger partial charge in [0.1, 0.15) is 11.5 Å². The molecule has 7 rings (SSSR count). The fraction of sp³-hybridized carbons (Fsp3) is 0.235. The molecule has 1 aliphatic rings. The Kier molecular flexibility index (Phi) is 8.42.